The predicted molar refractivity (Wildman–Crippen MR) is 109 cm³/mol. The van der Waals surface area contributed by atoms with Gasteiger partial charge in [0.25, 0.3) is 5.91 Å². The first-order valence-electron chi connectivity index (χ1n) is 10.6. The fourth-order valence-electron chi connectivity index (χ4n) is 5.97. The summed E-state index contributed by atoms with van der Waals surface area (Å²) in [5, 5.41) is 10.3. The predicted octanol–water partition coefficient (Wildman–Crippen LogP) is 2.65. The fourth-order valence-corrected chi connectivity index (χ4v) is 5.97. The van der Waals surface area contributed by atoms with Gasteiger partial charge >= 0.3 is 5.56 Å². The normalized spacial score (nSPS) is 28.1. The van der Waals surface area contributed by atoms with Crippen LogP contribution in [0.4, 0.5) is 0 Å². The zero-order valence-corrected chi connectivity index (χ0v) is 17.0. The summed E-state index contributed by atoms with van der Waals surface area (Å²) in [5.74, 6) is 0.368. The number of nitrogens with zero attached hydrogens (tertiary/aromatic N) is 3. The van der Waals surface area contributed by atoms with Gasteiger partial charge in [-0.15, -0.1) is 0 Å². The van der Waals surface area contributed by atoms with Crippen molar-refractivity contribution in [2.24, 2.45) is 5.92 Å². The molecule has 2 unspecified atom stereocenters. The van der Waals surface area contributed by atoms with Crippen LogP contribution in [0.25, 0.3) is 0 Å². The second-order valence-electron chi connectivity index (χ2n) is 9.02. The maximum absolute atomic E-state index is 12.8. The first kappa shape index (κ1) is 18.4. The molecule has 2 heterocycles. The van der Waals surface area contributed by atoms with Gasteiger partial charge in [0, 0.05) is 31.5 Å². The molecule has 6 nitrogen and oxygen atoms in total. The molecule has 0 spiro atoms. The van der Waals surface area contributed by atoms with Gasteiger partial charge in [-0.05, 0) is 49.7 Å². The molecule has 1 N–H and O–H groups in total. The highest BCUT2D eigenvalue weighted by molar-refractivity contribution is 5.95. The lowest BCUT2D eigenvalue weighted by atomic mass is 9.63. The SMILES string of the molecule is C[C@H]1Cn2c(CC34CCCC3CCc3ccccc34)nc(=O)c(O)c2C(=O)N1C. The third kappa shape index (κ3) is 2.57. The van der Waals surface area contributed by atoms with Crippen LogP contribution in [-0.4, -0.2) is 38.6 Å². The molecule has 3 aliphatic rings. The molecule has 5 rings (SSSR count). The lowest BCUT2D eigenvalue weighted by molar-refractivity contribution is 0.0659. The molecule has 0 bridgehead atoms. The van der Waals surface area contributed by atoms with Crippen molar-refractivity contribution in [3.63, 3.8) is 0 Å². The Balaban J connectivity index is 1.68. The van der Waals surface area contributed by atoms with Crippen LogP contribution in [0.1, 0.15) is 60.0 Å². The summed E-state index contributed by atoms with van der Waals surface area (Å²) in [6.45, 7) is 2.52. The van der Waals surface area contributed by atoms with E-state index in [1.54, 1.807) is 11.9 Å². The number of benzene rings is 1. The summed E-state index contributed by atoms with van der Waals surface area (Å²) in [6, 6.07) is 8.65. The summed E-state index contributed by atoms with van der Waals surface area (Å²) < 4.78 is 1.81. The molecule has 0 saturated heterocycles. The van der Waals surface area contributed by atoms with Gasteiger partial charge in [-0.3, -0.25) is 9.59 Å². The Kier molecular flexibility index (Phi) is 4.09. The number of aromatic nitrogens is 2. The van der Waals surface area contributed by atoms with Crippen molar-refractivity contribution in [3.8, 4) is 5.75 Å². The van der Waals surface area contributed by atoms with Crippen LogP contribution in [0.3, 0.4) is 0 Å². The van der Waals surface area contributed by atoms with E-state index in [1.165, 1.54) is 24.0 Å². The number of rotatable bonds is 2. The van der Waals surface area contributed by atoms with E-state index in [1.807, 2.05) is 11.5 Å². The number of likely N-dealkylation sites (N-methyl/N-ethyl adjacent to an activating group) is 1. The van der Waals surface area contributed by atoms with E-state index in [0.717, 1.165) is 19.3 Å². The molecule has 1 amide bonds. The fraction of sp³-hybridized carbons (Fsp3) is 0.522. The van der Waals surface area contributed by atoms with Gasteiger partial charge in [-0.2, -0.15) is 4.98 Å². The van der Waals surface area contributed by atoms with Gasteiger partial charge in [-0.1, -0.05) is 30.7 Å². The number of aryl methyl sites for hydroxylation is 1. The molecule has 2 aromatic rings. The van der Waals surface area contributed by atoms with E-state index >= 15 is 0 Å². The van der Waals surface area contributed by atoms with Gasteiger partial charge in [0.05, 0.1) is 0 Å². The summed E-state index contributed by atoms with van der Waals surface area (Å²) >= 11 is 0. The molecular formula is C23H27N3O3. The van der Waals surface area contributed by atoms with E-state index in [0.29, 0.717) is 24.7 Å². The maximum atomic E-state index is 12.8. The lowest BCUT2D eigenvalue weighted by Crippen LogP contribution is -2.47. The minimum atomic E-state index is -0.697. The van der Waals surface area contributed by atoms with Gasteiger partial charge in [0.15, 0.2) is 5.69 Å². The minimum Gasteiger partial charge on any atom is -0.501 e. The molecule has 6 heteroatoms. The number of amides is 1. The molecule has 1 saturated carbocycles. The molecule has 29 heavy (non-hydrogen) atoms. The van der Waals surface area contributed by atoms with Crippen LogP contribution in [0, 0.1) is 5.92 Å². The van der Waals surface area contributed by atoms with Crippen molar-refractivity contribution < 1.29 is 9.90 Å². The molecule has 3 atom stereocenters. The Hall–Kier alpha value is -2.63. The van der Waals surface area contributed by atoms with Crippen LogP contribution >= 0.6 is 0 Å². The van der Waals surface area contributed by atoms with Crippen LogP contribution in [0.5, 0.6) is 5.75 Å². The smallest absolute Gasteiger partial charge is 0.315 e. The van der Waals surface area contributed by atoms with Crippen LogP contribution in [0.2, 0.25) is 0 Å². The monoisotopic (exact) mass is 393 g/mol. The molecule has 1 fully saturated rings. The Morgan fingerprint density at radius 2 is 2.03 bits per heavy atom. The number of fused-ring (bicyclic) bond motifs is 4. The Morgan fingerprint density at radius 3 is 2.86 bits per heavy atom. The van der Waals surface area contributed by atoms with Crippen LogP contribution in [0.15, 0.2) is 29.1 Å². The molecule has 0 radical (unpaired) electrons. The number of carbonyl (C=O) groups is 1. The largest absolute Gasteiger partial charge is 0.501 e. The summed E-state index contributed by atoms with van der Waals surface area (Å²) in [6.07, 6.45) is 6.34. The van der Waals surface area contributed by atoms with E-state index in [2.05, 4.69) is 29.2 Å². The Morgan fingerprint density at radius 1 is 1.24 bits per heavy atom. The van der Waals surface area contributed by atoms with Crippen molar-refractivity contribution in [1.82, 2.24) is 14.5 Å². The molecule has 1 aromatic carbocycles. The van der Waals surface area contributed by atoms with E-state index in [-0.39, 0.29) is 23.1 Å². The van der Waals surface area contributed by atoms with Crippen LogP contribution < -0.4 is 5.56 Å². The highest BCUT2D eigenvalue weighted by atomic mass is 16.3. The standard InChI is InChI=1S/C23H27N3O3/c1-14-13-26-18(24-21(28)20(27)19(26)22(29)25(14)2)12-23-11-5-7-16(23)10-9-15-6-3-4-8-17(15)23/h3-4,6,8,14,16,27H,5,7,9-13H2,1-2H3/t14-,16?,23?/m0/s1. The van der Waals surface area contributed by atoms with Gasteiger partial charge in [-0.25, -0.2) is 0 Å². The second kappa shape index (κ2) is 6.44. The number of hydrogen-bond acceptors (Lipinski definition) is 4. The van der Waals surface area contributed by atoms with E-state index in [9.17, 15) is 14.7 Å². The lowest BCUT2D eigenvalue weighted by Gasteiger charge is -2.42. The van der Waals surface area contributed by atoms with Crippen molar-refractivity contribution in [3.05, 3.63) is 57.3 Å². The molecule has 2 aliphatic carbocycles. The molecule has 152 valence electrons. The minimum absolute atomic E-state index is 0.0204. The van der Waals surface area contributed by atoms with Gasteiger partial charge in [0.2, 0.25) is 5.75 Å². The average Bonchev–Trinajstić information content (AvgIpc) is 3.14. The zero-order valence-electron chi connectivity index (χ0n) is 17.0. The molecule has 1 aliphatic heterocycles. The van der Waals surface area contributed by atoms with E-state index in [4.69, 9.17) is 0 Å². The molecule has 1 aromatic heterocycles. The zero-order chi connectivity index (χ0) is 20.3. The highest BCUT2D eigenvalue weighted by Crippen LogP contribution is 2.53. The number of carbonyl (C=O) groups excluding carboxylic acids is 1. The average molecular weight is 393 g/mol. The van der Waals surface area contributed by atoms with Gasteiger partial charge < -0.3 is 14.6 Å². The first-order chi connectivity index (χ1) is 13.9. The van der Waals surface area contributed by atoms with Crippen molar-refractivity contribution in [2.45, 2.75) is 63.5 Å². The first-order valence-corrected chi connectivity index (χ1v) is 10.6. The third-order valence-corrected chi connectivity index (χ3v) is 7.62. The van der Waals surface area contributed by atoms with Crippen molar-refractivity contribution in [1.29, 1.82) is 0 Å². The third-order valence-electron chi connectivity index (χ3n) is 7.62. The van der Waals surface area contributed by atoms with Crippen molar-refractivity contribution in [2.75, 3.05) is 7.05 Å². The number of aromatic hydroxyl groups is 1. The molecular weight excluding hydrogens is 366 g/mol. The van der Waals surface area contributed by atoms with Gasteiger partial charge in [0.1, 0.15) is 5.82 Å². The van der Waals surface area contributed by atoms with Crippen LogP contribution in [-0.2, 0) is 24.8 Å². The quantitative estimate of drug-likeness (QED) is 0.851. The summed E-state index contributed by atoms with van der Waals surface area (Å²) in [7, 11) is 1.71. The Bertz CT molecular complexity index is 1060. The number of hydrogen-bond donors (Lipinski definition) is 1. The summed E-state index contributed by atoms with van der Waals surface area (Å²) in [4.78, 5) is 31.2. The Labute approximate surface area is 170 Å². The summed E-state index contributed by atoms with van der Waals surface area (Å²) in [5.41, 5.74) is 2.14. The maximum Gasteiger partial charge on any atom is 0.315 e. The second-order valence-corrected chi connectivity index (χ2v) is 9.02. The van der Waals surface area contributed by atoms with Crippen molar-refractivity contribution >= 4 is 5.91 Å². The highest BCUT2D eigenvalue weighted by Gasteiger charge is 2.48. The van der Waals surface area contributed by atoms with E-state index < -0.39 is 11.3 Å². The topological polar surface area (TPSA) is 75.4 Å².